The summed E-state index contributed by atoms with van der Waals surface area (Å²) >= 11 is 0. The van der Waals surface area contributed by atoms with Crippen molar-refractivity contribution in [1.29, 1.82) is 0 Å². The maximum atomic E-state index is 13.5. The quantitative estimate of drug-likeness (QED) is 0.868. The molecule has 1 aromatic heterocycles. The van der Waals surface area contributed by atoms with Gasteiger partial charge in [0.2, 0.25) is 0 Å². The molecule has 17 heavy (non-hydrogen) atoms. The van der Waals surface area contributed by atoms with E-state index in [1.54, 1.807) is 19.2 Å². The maximum absolute atomic E-state index is 13.5. The Labute approximate surface area is 97.6 Å². The van der Waals surface area contributed by atoms with Gasteiger partial charge in [-0.25, -0.2) is 8.78 Å². The number of rotatable bonds is 2. The Balaban J connectivity index is 2.48. The van der Waals surface area contributed by atoms with Gasteiger partial charge in [-0.2, -0.15) is 0 Å². The normalized spacial score (nSPS) is 12.5. The second-order valence-electron chi connectivity index (χ2n) is 3.78. The summed E-state index contributed by atoms with van der Waals surface area (Å²) in [6.45, 7) is 1.78. The van der Waals surface area contributed by atoms with Crippen molar-refractivity contribution in [2.45, 2.75) is 13.0 Å². The zero-order valence-corrected chi connectivity index (χ0v) is 9.19. The van der Waals surface area contributed by atoms with Crippen molar-refractivity contribution in [2.24, 2.45) is 0 Å². The number of nitrogens with zero attached hydrogens (tertiary/aromatic N) is 1. The van der Waals surface area contributed by atoms with Gasteiger partial charge in [-0.1, -0.05) is 12.1 Å². The van der Waals surface area contributed by atoms with Gasteiger partial charge in [-0.15, -0.1) is 0 Å². The van der Waals surface area contributed by atoms with E-state index in [9.17, 15) is 13.9 Å². The van der Waals surface area contributed by atoms with Crippen LogP contribution in [0.4, 0.5) is 8.78 Å². The van der Waals surface area contributed by atoms with Gasteiger partial charge >= 0.3 is 0 Å². The molecule has 2 aromatic rings. The number of aromatic nitrogens is 1. The molecule has 4 heteroatoms. The van der Waals surface area contributed by atoms with Gasteiger partial charge in [-0.3, -0.25) is 4.98 Å². The van der Waals surface area contributed by atoms with Gasteiger partial charge in [-0.05, 0) is 24.6 Å². The molecular formula is C13H11F2NO. The summed E-state index contributed by atoms with van der Waals surface area (Å²) in [5.41, 5.74) is 1.16. The van der Waals surface area contributed by atoms with Crippen molar-refractivity contribution in [3.63, 3.8) is 0 Å². The van der Waals surface area contributed by atoms with Gasteiger partial charge in [0.1, 0.15) is 6.10 Å². The van der Waals surface area contributed by atoms with Crippen LogP contribution in [0.25, 0.3) is 0 Å². The number of hydrogen-bond donors (Lipinski definition) is 1. The Kier molecular flexibility index (Phi) is 3.15. The fourth-order valence-corrected chi connectivity index (χ4v) is 1.66. The number of benzene rings is 1. The largest absolute Gasteiger partial charge is 0.383 e. The van der Waals surface area contributed by atoms with Crippen LogP contribution < -0.4 is 0 Å². The number of aryl methyl sites for hydroxylation is 1. The Hall–Kier alpha value is -1.81. The molecule has 1 unspecified atom stereocenters. The Morgan fingerprint density at radius 1 is 1.18 bits per heavy atom. The zero-order valence-electron chi connectivity index (χ0n) is 9.19. The van der Waals surface area contributed by atoms with E-state index in [1.165, 1.54) is 18.3 Å². The number of aliphatic hydroxyl groups is 1. The van der Waals surface area contributed by atoms with E-state index in [1.807, 2.05) is 0 Å². The topological polar surface area (TPSA) is 33.1 Å². The van der Waals surface area contributed by atoms with Gasteiger partial charge in [0.15, 0.2) is 11.6 Å². The van der Waals surface area contributed by atoms with Crippen LogP contribution in [0.15, 0.2) is 36.7 Å². The van der Waals surface area contributed by atoms with Crippen molar-refractivity contribution in [2.75, 3.05) is 0 Å². The average Bonchev–Trinajstić information content (AvgIpc) is 2.32. The SMILES string of the molecule is Cc1ccncc1C(O)c1cccc(F)c1F. The third-order valence-electron chi connectivity index (χ3n) is 2.65. The predicted octanol–water partition coefficient (Wildman–Crippen LogP) is 2.75. The number of hydrogen-bond acceptors (Lipinski definition) is 2. The summed E-state index contributed by atoms with van der Waals surface area (Å²) in [4.78, 5) is 3.87. The maximum Gasteiger partial charge on any atom is 0.164 e. The lowest BCUT2D eigenvalue weighted by Crippen LogP contribution is -2.06. The summed E-state index contributed by atoms with van der Waals surface area (Å²) in [6, 6.07) is 5.44. The summed E-state index contributed by atoms with van der Waals surface area (Å²) < 4.78 is 26.6. The van der Waals surface area contributed by atoms with Gasteiger partial charge in [0.05, 0.1) is 0 Å². The molecule has 2 nitrogen and oxygen atoms in total. The van der Waals surface area contributed by atoms with Crippen LogP contribution in [-0.2, 0) is 0 Å². The molecular weight excluding hydrogens is 224 g/mol. The zero-order chi connectivity index (χ0) is 12.4. The molecule has 1 heterocycles. The second-order valence-corrected chi connectivity index (χ2v) is 3.78. The van der Waals surface area contributed by atoms with E-state index in [0.717, 1.165) is 11.6 Å². The molecule has 0 bridgehead atoms. The Bertz CT molecular complexity index is 543. The lowest BCUT2D eigenvalue weighted by molar-refractivity contribution is 0.212. The van der Waals surface area contributed by atoms with Crippen molar-refractivity contribution >= 4 is 0 Å². The smallest absolute Gasteiger partial charge is 0.164 e. The van der Waals surface area contributed by atoms with Crippen molar-refractivity contribution in [3.05, 3.63) is 65.0 Å². The highest BCUT2D eigenvalue weighted by molar-refractivity contribution is 5.33. The molecule has 1 N–H and O–H groups in total. The molecule has 0 aliphatic rings. The Morgan fingerprint density at radius 2 is 1.94 bits per heavy atom. The van der Waals surface area contributed by atoms with Gasteiger partial charge in [0.25, 0.3) is 0 Å². The molecule has 0 saturated heterocycles. The molecule has 2 rings (SSSR count). The molecule has 0 radical (unpaired) electrons. The first-order chi connectivity index (χ1) is 8.11. The first-order valence-electron chi connectivity index (χ1n) is 5.13. The molecule has 0 fully saturated rings. The van der Waals surface area contributed by atoms with E-state index in [4.69, 9.17) is 0 Å². The summed E-state index contributed by atoms with van der Waals surface area (Å²) in [5.74, 6) is -1.99. The molecule has 1 aromatic carbocycles. The molecule has 0 spiro atoms. The van der Waals surface area contributed by atoms with Crippen molar-refractivity contribution < 1.29 is 13.9 Å². The van der Waals surface area contributed by atoms with Crippen LogP contribution in [0.5, 0.6) is 0 Å². The minimum Gasteiger partial charge on any atom is -0.383 e. The highest BCUT2D eigenvalue weighted by Gasteiger charge is 2.18. The standard InChI is InChI=1S/C13H11F2NO/c1-8-5-6-16-7-10(8)13(17)9-3-2-4-11(14)12(9)15/h2-7,13,17H,1H3. The van der Waals surface area contributed by atoms with Crippen LogP contribution in [-0.4, -0.2) is 10.1 Å². The third-order valence-corrected chi connectivity index (χ3v) is 2.65. The average molecular weight is 235 g/mol. The highest BCUT2D eigenvalue weighted by atomic mass is 19.2. The first-order valence-corrected chi connectivity index (χ1v) is 5.13. The fraction of sp³-hybridized carbons (Fsp3) is 0.154. The monoisotopic (exact) mass is 235 g/mol. The summed E-state index contributed by atoms with van der Waals surface area (Å²) in [7, 11) is 0. The van der Waals surface area contributed by atoms with Crippen LogP contribution in [0.1, 0.15) is 22.8 Å². The van der Waals surface area contributed by atoms with Crippen LogP contribution in [0.2, 0.25) is 0 Å². The molecule has 0 aliphatic carbocycles. The number of pyridine rings is 1. The van der Waals surface area contributed by atoms with E-state index >= 15 is 0 Å². The molecule has 0 saturated carbocycles. The van der Waals surface area contributed by atoms with Crippen LogP contribution in [0, 0.1) is 18.6 Å². The van der Waals surface area contributed by atoms with Crippen LogP contribution >= 0.6 is 0 Å². The minimum atomic E-state index is -1.21. The van der Waals surface area contributed by atoms with E-state index < -0.39 is 17.7 Å². The first kappa shape index (κ1) is 11.7. The molecule has 0 aliphatic heterocycles. The third kappa shape index (κ3) is 2.17. The van der Waals surface area contributed by atoms with Crippen LogP contribution in [0.3, 0.4) is 0 Å². The van der Waals surface area contributed by atoms with E-state index in [2.05, 4.69) is 4.98 Å². The lowest BCUT2D eigenvalue weighted by Gasteiger charge is -2.14. The summed E-state index contributed by atoms with van der Waals surface area (Å²) in [5, 5.41) is 10.0. The second kappa shape index (κ2) is 4.59. The van der Waals surface area contributed by atoms with E-state index in [0.29, 0.717) is 5.56 Å². The summed E-state index contributed by atoms with van der Waals surface area (Å²) in [6.07, 6.45) is 1.82. The fourth-order valence-electron chi connectivity index (χ4n) is 1.66. The molecule has 88 valence electrons. The van der Waals surface area contributed by atoms with Gasteiger partial charge in [0, 0.05) is 23.5 Å². The van der Waals surface area contributed by atoms with Crippen molar-refractivity contribution in [3.8, 4) is 0 Å². The van der Waals surface area contributed by atoms with Crippen molar-refractivity contribution in [1.82, 2.24) is 4.98 Å². The molecule has 0 amide bonds. The lowest BCUT2D eigenvalue weighted by atomic mass is 9.99. The predicted molar refractivity (Wildman–Crippen MR) is 59.4 cm³/mol. The number of halogens is 2. The van der Waals surface area contributed by atoms with E-state index in [-0.39, 0.29) is 5.56 Å². The highest BCUT2D eigenvalue weighted by Crippen LogP contribution is 2.26. The van der Waals surface area contributed by atoms with Gasteiger partial charge < -0.3 is 5.11 Å². The number of aliphatic hydroxyl groups excluding tert-OH is 1. The minimum absolute atomic E-state index is 0.0823. The molecule has 1 atom stereocenters. The Morgan fingerprint density at radius 3 is 2.65 bits per heavy atom.